The van der Waals surface area contributed by atoms with Gasteiger partial charge in [0.15, 0.2) is 0 Å². The van der Waals surface area contributed by atoms with Gasteiger partial charge in [-0.2, -0.15) is 17.4 Å². The maximum absolute atomic E-state index is 12.3. The summed E-state index contributed by atoms with van der Waals surface area (Å²) in [5, 5.41) is 3.31. The van der Waals surface area contributed by atoms with E-state index in [9.17, 15) is 8.42 Å². The smallest absolute Gasteiger partial charge is 0.279 e. The Hall–Kier alpha value is -0.170. The molecule has 1 heterocycles. The summed E-state index contributed by atoms with van der Waals surface area (Å²) in [5.41, 5.74) is 0. The molecule has 106 valence electrons. The van der Waals surface area contributed by atoms with Gasteiger partial charge in [-0.25, -0.2) is 0 Å². The molecule has 0 atom stereocenters. The van der Waals surface area contributed by atoms with Crippen LogP contribution in [0.4, 0.5) is 0 Å². The predicted octanol–water partition coefficient (Wildman–Crippen LogP) is 0.693. The van der Waals surface area contributed by atoms with E-state index < -0.39 is 10.2 Å². The number of nitrogens with zero attached hydrogens (tertiary/aromatic N) is 1. The van der Waals surface area contributed by atoms with E-state index in [0.29, 0.717) is 12.5 Å². The highest BCUT2D eigenvalue weighted by atomic mass is 32.2. The third-order valence-corrected chi connectivity index (χ3v) is 5.49. The van der Waals surface area contributed by atoms with Crippen molar-refractivity contribution in [1.82, 2.24) is 14.3 Å². The van der Waals surface area contributed by atoms with Crippen LogP contribution in [-0.2, 0) is 10.2 Å². The van der Waals surface area contributed by atoms with Crippen LogP contribution in [0.1, 0.15) is 39.5 Å². The van der Waals surface area contributed by atoms with Crippen molar-refractivity contribution in [3.05, 3.63) is 0 Å². The Morgan fingerprint density at radius 1 is 1.22 bits per heavy atom. The average molecular weight is 275 g/mol. The first-order valence-corrected chi connectivity index (χ1v) is 8.43. The zero-order valence-electron chi connectivity index (χ0n) is 11.4. The summed E-state index contributed by atoms with van der Waals surface area (Å²) in [5.74, 6) is 0.490. The third kappa shape index (κ3) is 3.91. The fraction of sp³-hybridized carbons (Fsp3) is 1.00. The van der Waals surface area contributed by atoms with Crippen LogP contribution in [0.25, 0.3) is 0 Å². The second kappa shape index (κ2) is 5.86. The van der Waals surface area contributed by atoms with Crippen molar-refractivity contribution in [2.24, 2.45) is 5.92 Å². The monoisotopic (exact) mass is 275 g/mol. The highest BCUT2D eigenvalue weighted by Gasteiger charge is 2.33. The van der Waals surface area contributed by atoms with E-state index >= 15 is 0 Å². The largest absolute Gasteiger partial charge is 0.317 e. The molecule has 2 fully saturated rings. The van der Waals surface area contributed by atoms with Gasteiger partial charge in [0.1, 0.15) is 0 Å². The van der Waals surface area contributed by atoms with Gasteiger partial charge in [0.25, 0.3) is 10.2 Å². The molecule has 0 radical (unpaired) electrons. The Labute approximate surface area is 110 Å². The van der Waals surface area contributed by atoms with Crippen LogP contribution in [0.3, 0.4) is 0 Å². The summed E-state index contributed by atoms with van der Waals surface area (Å²) < 4.78 is 29.0. The van der Waals surface area contributed by atoms with Crippen molar-refractivity contribution >= 4 is 10.2 Å². The van der Waals surface area contributed by atoms with Gasteiger partial charge in [0.2, 0.25) is 0 Å². The first-order chi connectivity index (χ1) is 8.49. The van der Waals surface area contributed by atoms with Gasteiger partial charge in [-0.3, -0.25) is 0 Å². The van der Waals surface area contributed by atoms with Gasteiger partial charge in [0.05, 0.1) is 0 Å². The van der Waals surface area contributed by atoms with Crippen molar-refractivity contribution in [1.29, 1.82) is 0 Å². The van der Waals surface area contributed by atoms with Gasteiger partial charge < -0.3 is 5.32 Å². The molecule has 2 N–H and O–H groups in total. The number of hydrogen-bond acceptors (Lipinski definition) is 3. The summed E-state index contributed by atoms with van der Waals surface area (Å²) in [7, 11) is -3.29. The molecule has 0 aromatic heterocycles. The minimum atomic E-state index is -3.29. The van der Waals surface area contributed by atoms with E-state index in [-0.39, 0.29) is 12.1 Å². The Kier molecular flexibility index (Phi) is 4.64. The predicted molar refractivity (Wildman–Crippen MR) is 72.5 cm³/mol. The average Bonchev–Trinajstić information content (AvgIpc) is 3.10. The summed E-state index contributed by atoms with van der Waals surface area (Å²) >= 11 is 0. The van der Waals surface area contributed by atoms with Gasteiger partial charge in [0, 0.05) is 18.6 Å². The molecule has 2 aliphatic rings. The third-order valence-electron chi connectivity index (χ3n) is 3.67. The molecular weight excluding hydrogens is 250 g/mol. The van der Waals surface area contributed by atoms with Gasteiger partial charge in [-0.1, -0.05) is 0 Å². The molecule has 1 saturated heterocycles. The number of hydrogen-bond donors (Lipinski definition) is 2. The van der Waals surface area contributed by atoms with Crippen molar-refractivity contribution in [2.75, 3.05) is 19.6 Å². The fourth-order valence-corrected chi connectivity index (χ4v) is 4.14. The highest BCUT2D eigenvalue weighted by molar-refractivity contribution is 7.87. The molecule has 0 bridgehead atoms. The van der Waals surface area contributed by atoms with Crippen LogP contribution in [0.15, 0.2) is 0 Å². The van der Waals surface area contributed by atoms with Crippen molar-refractivity contribution in [2.45, 2.75) is 51.6 Å². The Balaban J connectivity index is 1.97. The van der Waals surface area contributed by atoms with Crippen molar-refractivity contribution in [3.8, 4) is 0 Å². The highest BCUT2D eigenvalue weighted by Crippen LogP contribution is 2.23. The minimum Gasteiger partial charge on any atom is -0.317 e. The topological polar surface area (TPSA) is 61.4 Å². The quantitative estimate of drug-likeness (QED) is 0.750. The van der Waals surface area contributed by atoms with Crippen LogP contribution >= 0.6 is 0 Å². The Morgan fingerprint density at radius 3 is 2.33 bits per heavy atom. The summed E-state index contributed by atoms with van der Waals surface area (Å²) in [6, 6.07) is 0.209. The summed E-state index contributed by atoms with van der Waals surface area (Å²) in [4.78, 5) is 0. The molecule has 2 rings (SSSR count). The minimum absolute atomic E-state index is 0.0242. The lowest BCUT2D eigenvalue weighted by molar-refractivity contribution is 0.258. The molecule has 1 aliphatic carbocycles. The van der Waals surface area contributed by atoms with E-state index in [1.54, 1.807) is 4.31 Å². The lowest BCUT2D eigenvalue weighted by atomic mass is 9.98. The van der Waals surface area contributed by atoms with Crippen molar-refractivity contribution in [3.63, 3.8) is 0 Å². The number of nitrogens with one attached hydrogen (secondary N) is 2. The lowest BCUT2D eigenvalue weighted by Crippen LogP contribution is -2.48. The van der Waals surface area contributed by atoms with Crippen LogP contribution in [0.2, 0.25) is 0 Å². The second-order valence-electron chi connectivity index (χ2n) is 5.75. The molecular formula is C12H25N3O2S. The van der Waals surface area contributed by atoms with Gasteiger partial charge in [-0.15, -0.1) is 0 Å². The van der Waals surface area contributed by atoms with Crippen LogP contribution in [0.5, 0.6) is 0 Å². The molecule has 0 spiro atoms. The molecule has 0 amide bonds. The van der Waals surface area contributed by atoms with Crippen molar-refractivity contribution < 1.29 is 8.42 Å². The normalized spacial score (nSPS) is 22.9. The van der Waals surface area contributed by atoms with Crippen LogP contribution < -0.4 is 10.0 Å². The summed E-state index contributed by atoms with van der Waals surface area (Å²) in [6.45, 7) is 6.57. The van der Waals surface area contributed by atoms with Gasteiger partial charge >= 0.3 is 0 Å². The van der Waals surface area contributed by atoms with E-state index in [4.69, 9.17) is 0 Å². The number of piperidine rings is 1. The van der Waals surface area contributed by atoms with Crippen LogP contribution in [0, 0.1) is 5.92 Å². The van der Waals surface area contributed by atoms with E-state index in [0.717, 1.165) is 38.8 Å². The van der Waals surface area contributed by atoms with E-state index in [2.05, 4.69) is 10.0 Å². The first kappa shape index (κ1) is 14.2. The van der Waals surface area contributed by atoms with Crippen LogP contribution in [-0.4, -0.2) is 44.4 Å². The first-order valence-electron chi connectivity index (χ1n) is 6.99. The maximum atomic E-state index is 12.3. The molecule has 0 aromatic carbocycles. The SMILES string of the molecule is CC(C)N(CC1CCNCC1)S(=O)(=O)NC1CC1. The molecule has 1 saturated carbocycles. The fourth-order valence-electron chi connectivity index (χ4n) is 2.38. The standard InChI is InChI=1S/C12H25N3O2S/c1-10(2)15(9-11-5-7-13-8-6-11)18(16,17)14-12-3-4-12/h10-14H,3-9H2,1-2H3. The lowest BCUT2D eigenvalue weighted by Gasteiger charge is -2.32. The number of rotatable bonds is 6. The second-order valence-corrected chi connectivity index (χ2v) is 7.41. The zero-order valence-corrected chi connectivity index (χ0v) is 12.2. The Bertz CT molecular complexity index is 360. The molecule has 6 heteroatoms. The van der Waals surface area contributed by atoms with E-state index in [1.807, 2.05) is 13.8 Å². The van der Waals surface area contributed by atoms with E-state index in [1.165, 1.54) is 0 Å². The Morgan fingerprint density at radius 2 is 1.83 bits per heavy atom. The molecule has 0 unspecified atom stereocenters. The maximum Gasteiger partial charge on any atom is 0.279 e. The summed E-state index contributed by atoms with van der Waals surface area (Å²) in [6.07, 6.45) is 4.11. The van der Waals surface area contributed by atoms with Gasteiger partial charge in [-0.05, 0) is 58.5 Å². The molecule has 0 aromatic rings. The molecule has 5 nitrogen and oxygen atoms in total. The zero-order chi connectivity index (χ0) is 13.2. The molecule has 1 aliphatic heterocycles. The molecule has 18 heavy (non-hydrogen) atoms.